The Morgan fingerprint density at radius 3 is 2.03 bits per heavy atom. The van der Waals surface area contributed by atoms with Crippen molar-refractivity contribution in [2.24, 2.45) is 28.1 Å². The molecule has 0 aliphatic carbocycles. The number of aliphatic imine (C=N–C) groups is 1. The number of carbonyl (C=O) groups is 5. The lowest BCUT2D eigenvalue weighted by Gasteiger charge is -2.27. The lowest BCUT2D eigenvalue weighted by Crippen LogP contribution is -2.58. The summed E-state index contributed by atoms with van der Waals surface area (Å²) in [6.45, 7) is 5.03. The molecule has 0 aromatic rings. The van der Waals surface area contributed by atoms with Gasteiger partial charge in [-0.05, 0) is 32.1 Å². The van der Waals surface area contributed by atoms with E-state index in [0.29, 0.717) is 12.8 Å². The maximum absolute atomic E-state index is 13.0. The Morgan fingerprint density at radius 1 is 0.912 bits per heavy atom. The number of rotatable bonds is 16. The summed E-state index contributed by atoms with van der Waals surface area (Å²) in [5.74, 6) is -5.08. The molecule has 5 atom stereocenters. The molecule has 0 aliphatic heterocycles. The number of nitrogens with zero attached hydrogens (tertiary/aromatic N) is 1. The van der Waals surface area contributed by atoms with E-state index in [1.165, 1.54) is 6.92 Å². The number of guanidine groups is 1. The summed E-state index contributed by atoms with van der Waals surface area (Å²) in [5, 5.41) is 25.2. The molecule has 5 unspecified atom stereocenters. The van der Waals surface area contributed by atoms with E-state index >= 15 is 0 Å². The average molecular weight is 488 g/mol. The molecular weight excluding hydrogens is 450 g/mol. The lowest BCUT2D eigenvalue weighted by atomic mass is 9.97. The first-order valence-corrected chi connectivity index (χ1v) is 11.0. The molecule has 194 valence electrons. The van der Waals surface area contributed by atoms with Gasteiger partial charge in [-0.1, -0.05) is 20.3 Å². The minimum absolute atomic E-state index is 0.0780. The molecule has 0 rings (SSSR count). The van der Waals surface area contributed by atoms with Gasteiger partial charge in [-0.2, -0.15) is 0 Å². The van der Waals surface area contributed by atoms with E-state index in [4.69, 9.17) is 27.4 Å². The van der Waals surface area contributed by atoms with Gasteiger partial charge in [0.1, 0.15) is 18.1 Å². The van der Waals surface area contributed by atoms with Gasteiger partial charge in [-0.25, -0.2) is 0 Å². The topological polar surface area (TPSA) is 252 Å². The number of hydrogen-bond acceptors (Lipinski definition) is 7. The molecule has 11 N–H and O–H groups in total. The first-order chi connectivity index (χ1) is 15.8. The summed E-state index contributed by atoms with van der Waals surface area (Å²) in [7, 11) is 0. The van der Waals surface area contributed by atoms with Gasteiger partial charge in [0.15, 0.2) is 5.96 Å². The average Bonchev–Trinajstić information content (AvgIpc) is 2.76. The van der Waals surface area contributed by atoms with Crippen LogP contribution in [0.2, 0.25) is 0 Å². The third kappa shape index (κ3) is 12.0. The van der Waals surface area contributed by atoms with E-state index in [1.807, 2.05) is 0 Å². The van der Waals surface area contributed by atoms with Gasteiger partial charge in [0.2, 0.25) is 17.7 Å². The van der Waals surface area contributed by atoms with Crippen molar-refractivity contribution in [1.82, 2.24) is 16.0 Å². The third-order valence-corrected chi connectivity index (χ3v) is 5.11. The third-order valence-electron chi connectivity index (χ3n) is 5.11. The molecule has 0 aromatic carbocycles. The molecule has 34 heavy (non-hydrogen) atoms. The smallest absolute Gasteiger partial charge is 0.325 e. The highest BCUT2D eigenvalue weighted by Crippen LogP contribution is 2.10. The van der Waals surface area contributed by atoms with Gasteiger partial charge >= 0.3 is 11.9 Å². The van der Waals surface area contributed by atoms with Crippen molar-refractivity contribution in [3.05, 3.63) is 0 Å². The van der Waals surface area contributed by atoms with Gasteiger partial charge in [0.05, 0.1) is 6.04 Å². The summed E-state index contributed by atoms with van der Waals surface area (Å²) < 4.78 is 0. The van der Waals surface area contributed by atoms with Gasteiger partial charge in [-0.3, -0.25) is 29.0 Å². The fourth-order valence-electron chi connectivity index (χ4n) is 2.79. The van der Waals surface area contributed by atoms with Crippen LogP contribution < -0.4 is 33.2 Å². The van der Waals surface area contributed by atoms with Crippen molar-refractivity contribution in [3.63, 3.8) is 0 Å². The molecule has 14 heteroatoms. The van der Waals surface area contributed by atoms with E-state index in [1.54, 1.807) is 13.8 Å². The summed E-state index contributed by atoms with van der Waals surface area (Å²) in [5.41, 5.74) is 16.4. The molecule has 0 radical (unpaired) electrons. The van der Waals surface area contributed by atoms with Crippen molar-refractivity contribution in [1.29, 1.82) is 0 Å². The van der Waals surface area contributed by atoms with Crippen molar-refractivity contribution in [3.8, 4) is 0 Å². The summed E-state index contributed by atoms with van der Waals surface area (Å²) >= 11 is 0. The molecule has 0 bridgehead atoms. The number of carboxylic acid groups (broad SMARTS) is 2. The van der Waals surface area contributed by atoms with Gasteiger partial charge in [0, 0.05) is 13.0 Å². The van der Waals surface area contributed by atoms with Crippen LogP contribution >= 0.6 is 0 Å². The van der Waals surface area contributed by atoms with Crippen LogP contribution in [0, 0.1) is 5.92 Å². The number of hydrogen-bond donors (Lipinski definition) is 8. The van der Waals surface area contributed by atoms with E-state index in [0.717, 1.165) is 0 Å². The van der Waals surface area contributed by atoms with Crippen LogP contribution in [0.25, 0.3) is 0 Å². The number of amides is 3. The van der Waals surface area contributed by atoms with Crippen LogP contribution in [0.4, 0.5) is 0 Å². The highest BCUT2D eigenvalue weighted by atomic mass is 16.4. The maximum Gasteiger partial charge on any atom is 0.325 e. The van der Waals surface area contributed by atoms with Gasteiger partial charge in [0.25, 0.3) is 0 Å². The normalized spacial score (nSPS) is 15.1. The minimum Gasteiger partial charge on any atom is -0.481 e. The lowest BCUT2D eigenvalue weighted by molar-refractivity contribution is -0.142. The molecule has 0 fully saturated rings. The molecule has 0 spiro atoms. The first kappa shape index (κ1) is 30.6. The van der Waals surface area contributed by atoms with Gasteiger partial charge < -0.3 is 43.4 Å². The van der Waals surface area contributed by atoms with Crippen LogP contribution in [0.1, 0.15) is 52.9 Å². The van der Waals surface area contributed by atoms with E-state index in [2.05, 4.69) is 20.9 Å². The van der Waals surface area contributed by atoms with Crippen LogP contribution in [-0.4, -0.2) is 76.5 Å². The van der Waals surface area contributed by atoms with Crippen molar-refractivity contribution in [2.75, 3.05) is 6.54 Å². The Bertz CT molecular complexity index is 756. The second-order valence-electron chi connectivity index (χ2n) is 7.99. The fraction of sp³-hybridized carbons (Fsp3) is 0.700. The number of nitrogens with one attached hydrogen (secondary N) is 3. The fourth-order valence-corrected chi connectivity index (χ4v) is 2.79. The van der Waals surface area contributed by atoms with Crippen molar-refractivity contribution < 1.29 is 34.2 Å². The van der Waals surface area contributed by atoms with E-state index in [-0.39, 0.29) is 31.3 Å². The zero-order valence-electron chi connectivity index (χ0n) is 19.7. The summed E-state index contributed by atoms with van der Waals surface area (Å²) in [6, 6.07) is -4.56. The second-order valence-corrected chi connectivity index (χ2v) is 7.99. The van der Waals surface area contributed by atoms with E-state index in [9.17, 15) is 24.0 Å². The second kappa shape index (κ2) is 15.4. The van der Waals surface area contributed by atoms with Crippen LogP contribution in [-0.2, 0) is 24.0 Å². The predicted octanol–water partition coefficient (Wildman–Crippen LogP) is -2.16. The Kier molecular flexibility index (Phi) is 13.9. The van der Waals surface area contributed by atoms with Crippen molar-refractivity contribution in [2.45, 2.75) is 77.0 Å². The monoisotopic (exact) mass is 487 g/mol. The predicted molar refractivity (Wildman–Crippen MR) is 123 cm³/mol. The summed E-state index contributed by atoms with van der Waals surface area (Å²) in [4.78, 5) is 63.8. The molecule has 3 amide bonds. The highest BCUT2D eigenvalue weighted by Gasteiger charge is 2.32. The zero-order valence-corrected chi connectivity index (χ0v) is 19.7. The Morgan fingerprint density at radius 2 is 1.53 bits per heavy atom. The quantitative estimate of drug-likeness (QED) is 0.0664. The van der Waals surface area contributed by atoms with Gasteiger partial charge in [-0.15, -0.1) is 0 Å². The van der Waals surface area contributed by atoms with Crippen LogP contribution in [0.15, 0.2) is 4.99 Å². The first-order valence-electron chi connectivity index (χ1n) is 11.0. The molecular formula is C20H37N7O7. The number of aliphatic carboxylic acids is 2. The Hall–Kier alpha value is -3.42. The molecule has 14 nitrogen and oxygen atoms in total. The number of nitrogens with two attached hydrogens (primary N) is 3. The number of carboxylic acids is 2. The molecule has 0 heterocycles. The zero-order chi connectivity index (χ0) is 26.4. The summed E-state index contributed by atoms with van der Waals surface area (Å²) in [6.07, 6.45) is 0.478. The number of carbonyl (C=O) groups excluding carboxylic acids is 3. The standard InChI is InChI=1S/C20H37N7O7/c1-4-10(2)15(27-16(30)12(21)6-5-9-24-20(22)23)18(32)26-13(7-8-14(28)29)17(31)25-11(3)19(33)34/h10-13,15H,4-9,21H2,1-3H3,(H,25,31)(H,26,32)(H,27,30)(H,28,29)(H,33,34)(H4,22,23,24). The van der Waals surface area contributed by atoms with Crippen LogP contribution in [0.3, 0.4) is 0 Å². The maximum atomic E-state index is 13.0. The SMILES string of the molecule is CCC(C)C(NC(=O)C(N)CCCN=C(N)N)C(=O)NC(CCC(=O)O)C(=O)NC(C)C(=O)O. The molecule has 0 saturated carbocycles. The Balaban J connectivity index is 5.35. The van der Waals surface area contributed by atoms with Crippen molar-refractivity contribution >= 4 is 35.6 Å². The van der Waals surface area contributed by atoms with E-state index < -0.39 is 60.2 Å². The minimum atomic E-state index is -1.32. The largest absolute Gasteiger partial charge is 0.481 e. The molecule has 0 aromatic heterocycles. The van der Waals surface area contributed by atoms with Crippen LogP contribution in [0.5, 0.6) is 0 Å². The highest BCUT2D eigenvalue weighted by molar-refractivity contribution is 5.94. The molecule has 0 aliphatic rings. The molecule has 0 saturated heterocycles. The Labute approximate surface area is 198 Å².